The van der Waals surface area contributed by atoms with Crippen LogP contribution >= 0.6 is 23.8 Å². The largest absolute Gasteiger partial charge is 0.393 e. The van der Waals surface area contributed by atoms with E-state index in [1.54, 1.807) is 0 Å². The first kappa shape index (κ1) is 10.9. The number of nitro benzene ring substituents is 1. The third kappa shape index (κ3) is 2.65. The minimum atomic E-state index is -0.482. The van der Waals surface area contributed by atoms with Gasteiger partial charge in [-0.15, -0.1) is 0 Å². The SMILES string of the molecule is NC(=S)Cc1cc(Cl)ccc1[N+](=O)[O-]. The fourth-order valence-corrected chi connectivity index (χ4v) is 1.41. The molecule has 1 aromatic carbocycles. The highest BCUT2D eigenvalue weighted by molar-refractivity contribution is 7.80. The molecule has 0 aromatic heterocycles. The number of nitrogens with zero attached hydrogens (tertiary/aromatic N) is 1. The number of hydrogen-bond donors (Lipinski definition) is 1. The van der Waals surface area contributed by atoms with Gasteiger partial charge in [0.2, 0.25) is 0 Å². The standard InChI is InChI=1S/C8H7ClN2O2S/c9-6-1-2-7(11(12)13)5(3-6)4-8(10)14/h1-3H,4H2,(H2,10,14). The lowest BCUT2D eigenvalue weighted by Gasteiger charge is -2.01. The zero-order chi connectivity index (χ0) is 10.7. The van der Waals surface area contributed by atoms with E-state index < -0.39 is 4.92 Å². The molecule has 0 heterocycles. The van der Waals surface area contributed by atoms with Gasteiger partial charge >= 0.3 is 0 Å². The fraction of sp³-hybridized carbons (Fsp3) is 0.125. The van der Waals surface area contributed by atoms with Crippen molar-refractivity contribution in [2.24, 2.45) is 5.73 Å². The van der Waals surface area contributed by atoms with Gasteiger partial charge in [-0.05, 0) is 12.1 Å². The molecule has 0 amide bonds. The van der Waals surface area contributed by atoms with Crippen LogP contribution in [0.1, 0.15) is 5.56 Å². The Morgan fingerprint density at radius 1 is 1.64 bits per heavy atom. The van der Waals surface area contributed by atoms with Crippen LogP contribution in [0.2, 0.25) is 5.02 Å². The normalized spacial score (nSPS) is 9.79. The molecule has 1 aromatic rings. The zero-order valence-electron chi connectivity index (χ0n) is 7.07. The second-order valence-corrected chi connectivity index (χ2v) is 3.63. The Hall–Kier alpha value is -1.20. The van der Waals surface area contributed by atoms with E-state index in [-0.39, 0.29) is 17.1 Å². The summed E-state index contributed by atoms with van der Waals surface area (Å²) in [5.74, 6) is 0. The summed E-state index contributed by atoms with van der Waals surface area (Å²) in [6.07, 6.45) is 0.187. The van der Waals surface area contributed by atoms with Crippen LogP contribution in [-0.4, -0.2) is 9.91 Å². The van der Waals surface area contributed by atoms with Crippen molar-refractivity contribution < 1.29 is 4.92 Å². The lowest BCUT2D eigenvalue weighted by atomic mass is 10.1. The Morgan fingerprint density at radius 3 is 2.79 bits per heavy atom. The summed E-state index contributed by atoms with van der Waals surface area (Å²) in [6, 6.07) is 4.30. The van der Waals surface area contributed by atoms with Crippen molar-refractivity contribution in [2.75, 3.05) is 0 Å². The van der Waals surface area contributed by atoms with Gasteiger partial charge in [-0.3, -0.25) is 10.1 Å². The maximum absolute atomic E-state index is 10.6. The highest BCUT2D eigenvalue weighted by atomic mass is 35.5. The number of rotatable bonds is 3. The van der Waals surface area contributed by atoms with Crippen molar-refractivity contribution in [3.05, 3.63) is 38.9 Å². The molecule has 2 N–H and O–H groups in total. The molecule has 0 spiro atoms. The Kier molecular flexibility index (Phi) is 3.38. The second-order valence-electron chi connectivity index (χ2n) is 2.67. The van der Waals surface area contributed by atoms with Crippen LogP contribution in [0.4, 0.5) is 5.69 Å². The van der Waals surface area contributed by atoms with Crippen LogP contribution in [-0.2, 0) is 6.42 Å². The third-order valence-corrected chi connectivity index (χ3v) is 1.98. The summed E-state index contributed by atoms with van der Waals surface area (Å²) in [5, 5.41) is 11.0. The van der Waals surface area contributed by atoms with Gasteiger partial charge in [0.25, 0.3) is 5.69 Å². The number of nitrogens with two attached hydrogens (primary N) is 1. The summed E-state index contributed by atoms with van der Waals surface area (Å²) >= 11 is 10.4. The van der Waals surface area contributed by atoms with Crippen LogP contribution in [0.15, 0.2) is 18.2 Å². The molecule has 0 atom stereocenters. The van der Waals surface area contributed by atoms with E-state index in [0.717, 1.165) is 0 Å². The molecule has 0 aliphatic heterocycles. The molecule has 0 saturated carbocycles. The number of hydrogen-bond acceptors (Lipinski definition) is 3. The van der Waals surface area contributed by atoms with Gasteiger partial charge in [-0.1, -0.05) is 23.8 Å². The van der Waals surface area contributed by atoms with Crippen molar-refractivity contribution in [1.29, 1.82) is 0 Å². The molecule has 14 heavy (non-hydrogen) atoms. The molecule has 0 aliphatic carbocycles. The van der Waals surface area contributed by atoms with Crippen molar-refractivity contribution in [3.63, 3.8) is 0 Å². The van der Waals surface area contributed by atoms with Crippen LogP contribution in [0.3, 0.4) is 0 Å². The Balaban J connectivity index is 3.15. The quantitative estimate of drug-likeness (QED) is 0.490. The fourth-order valence-electron chi connectivity index (χ4n) is 1.06. The maximum Gasteiger partial charge on any atom is 0.273 e. The van der Waals surface area contributed by atoms with E-state index in [4.69, 9.17) is 17.3 Å². The van der Waals surface area contributed by atoms with Crippen LogP contribution in [0.25, 0.3) is 0 Å². The first-order valence-electron chi connectivity index (χ1n) is 3.72. The predicted molar refractivity (Wildman–Crippen MR) is 58.6 cm³/mol. The Bertz CT molecular complexity index is 395. The van der Waals surface area contributed by atoms with Crippen molar-refractivity contribution in [3.8, 4) is 0 Å². The zero-order valence-corrected chi connectivity index (χ0v) is 8.64. The van der Waals surface area contributed by atoms with Crippen molar-refractivity contribution in [2.45, 2.75) is 6.42 Å². The lowest BCUT2D eigenvalue weighted by molar-refractivity contribution is -0.385. The van der Waals surface area contributed by atoms with Gasteiger partial charge < -0.3 is 5.73 Å². The van der Waals surface area contributed by atoms with E-state index in [1.165, 1.54) is 18.2 Å². The molecule has 6 heteroatoms. The summed E-state index contributed by atoms with van der Waals surface area (Å²) in [4.78, 5) is 10.3. The summed E-state index contributed by atoms with van der Waals surface area (Å²) in [7, 11) is 0. The van der Waals surface area contributed by atoms with E-state index >= 15 is 0 Å². The van der Waals surface area contributed by atoms with Crippen LogP contribution in [0.5, 0.6) is 0 Å². The molecule has 1 rings (SSSR count). The van der Waals surface area contributed by atoms with Gasteiger partial charge in [0.15, 0.2) is 0 Å². The first-order chi connectivity index (χ1) is 6.50. The number of halogens is 1. The van der Waals surface area contributed by atoms with Gasteiger partial charge in [-0.25, -0.2) is 0 Å². The van der Waals surface area contributed by atoms with E-state index in [0.29, 0.717) is 10.6 Å². The Labute approximate surface area is 90.8 Å². The molecule has 74 valence electrons. The molecule has 0 aliphatic rings. The summed E-state index contributed by atoms with van der Waals surface area (Å²) < 4.78 is 0. The molecule has 0 saturated heterocycles. The minimum Gasteiger partial charge on any atom is -0.393 e. The monoisotopic (exact) mass is 230 g/mol. The molecule has 0 unspecified atom stereocenters. The van der Waals surface area contributed by atoms with Crippen LogP contribution < -0.4 is 5.73 Å². The molecular weight excluding hydrogens is 224 g/mol. The minimum absolute atomic E-state index is 0.0119. The molecule has 0 fully saturated rings. The smallest absolute Gasteiger partial charge is 0.273 e. The lowest BCUT2D eigenvalue weighted by Crippen LogP contribution is -2.12. The van der Waals surface area contributed by atoms with Gasteiger partial charge in [0.1, 0.15) is 0 Å². The summed E-state index contributed by atoms with van der Waals surface area (Å²) in [6.45, 7) is 0. The van der Waals surface area contributed by atoms with E-state index in [1.807, 2.05) is 0 Å². The van der Waals surface area contributed by atoms with Gasteiger partial charge in [0, 0.05) is 23.1 Å². The number of benzene rings is 1. The van der Waals surface area contributed by atoms with Gasteiger partial charge in [0.05, 0.1) is 9.91 Å². The topological polar surface area (TPSA) is 69.2 Å². The predicted octanol–water partition coefficient (Wildman–Crippen LogP) is 2.08. The van der Waals surface area contributed by atoms with Crippen molar-refractivity contribution >= 4 is 34.5 Å². The average Bonchev–Trinajstić information content (AvgIpc) is 2.01. The molecule has 0 radical (unpaired) electrons. The molecular formula is C8H7ClN2O2S. The highest BCUT2D eigenvalue weighted by Gasteiger charge is 2.13. The molecule has 0 bridgehead atoms. The second kappa shape index (κ2) is 4.34. The Morgan fingerprint density at radius 2 is 2.29 bits per heavy atom. The van der Waals surface area contributed by atoms with E-state index in [2.05, 4.69) is 12.2 Å². The molecule has 4 nitrogen and oxygen atoms in total. The summed E-state index contributed by atoms with van der Waals surface area (Å²) in [5.41, 5.74) is 5.74. The number of thiocarbonyl (C=S) groups is 1. The number of nitro groups is 1. The maximum atomic E-state index is 10.6. The van der Waals surface area contributed by atoms with Crippen LogP contribution in [0, 0.1) is 10.1 Å². The van der Waals surface area contributed by atoms with Crippen molar-refractivity contribution in [1.82, 2.24) is 0 Å². The highest BCUT2D eigenvalue weighted by Crippen LogP contribution is 2.22. The van der Waals surface area contributed by atoms with Gasteiger partial charge in [-0.2, -0.15) is 0 Å². The van der Waals surface area contributed by atoms with E-state index in [9.17, 15) is 10.1 Å². The first-order valence-corrected chi connectivity index (χ1v) is 4.50. The third-order valence-electron chi connectivity index (χ3n) is 1.60. The average molecular weight is 231 g/mol.